The Balaban J connectivity index is 0.000000215. The molecule has 9 rings (SSSR count). The van der Waals surface area contributed by atoms with Crippen LogP contribution in [0.2, 0.25) is 0 Å². The van der Waals surface area contributed by atoms with Crippen molar-refractivity contribution in [3.05, 3.63) is 321 Å². The van der Waals surface area contributed by atoms with Gasteiger partial charge >= 0.3 is 5.97 Å². The highest BCUT2D eigenvalue weighted by molar-refractivity contribution is 7.78. The topological polar surface area (TPSA) is 134 Å². The Labute approximate surface area is 609 Å². The molecule has 15 heteroatoms. The van der Waals surface area contributed by atoms with E-state index in [0.29, 0.717) is 68.2 Å². The smallest absolute Gasteiger partial charge is 0.343 e. The fraction of sp³-hybridized carbons (Fsp3) is 0.161. The third-order valence-electron chi connectivity index (χ3n) is 14.0. The van der Waals surface area contributed by atoms with E-state index in [9.17, 15) is 4.79 Å². The first kappa shape index (κ1) is 77.6. The van der Waals surface area contributed by atoms with Crippen molar-refractivity contribution in [2.24, 2.45) is 9.98 Å². The SMILES string of the molecule is C=C(OCCOCOC)c1ccc(C#Cc2ccc(C#Cc3ccc(C)cc3)cc2C)cc1.C=C(OCCOCOC)c1ccc(C#Cc2ccc(C#Cc3ccc(N=C=S)cc3)cc2)cc1.C=C(OCCOCOC)c1ccc(C(=O)Oc2ccc(C#Cc3ccc(N=C=S)cc3)cc2)cc1. The number of nitrogens with zero attached hydrogens (tertiary/aromatic N) is 2. The van der Waals surface area contributed by atoms with Gasteiger partial charge in [-0.05, 0) is 208 Å². The normalized spacial score (nSPS) is 9.77. The lowest BCUT2D eigenvalue weighted by atomic mass is 10.0. The molecule has 0 bridgehead atoms. The lowest BCUT2D eigenvalue weighted by Crippen LogP contribution is -2.08. The van der Waals surface area contributed by atoms with Gasteiger partial charge in [0, 0.05) is 93.7 Å². The summed E-state index contributed by atoms with van der Waals surface area (Å²) in [5, 5.41) is 4.68. The molecule has 0 spiro atoms. The number of hydrogen-bond acceptors (Lipinski definition) is 15. The van der Waals surface area contributed by atoms with Crippen LogP contribution in [0.3, 0.4) is 0 Å². The summed E-state index contributed by atoms with van der Waals surface area (Å²) < 4.78 is 52.2. The number of hydrogen-bond donors (Lipinski definition) is 0. The molecule has 0 N–H and O–H groups in total. The zero-order valence-corrected chi connectivity index (χ0v) is 59.0. The minimum Gasteiger partial charge on any atom is -0.491 e. The molecule has 510 valence electrons. The maximum atomic E-state index is 12.5. The van der Waals surface area contributed by atoms with Crippen LogP contribution in [0, 0.1) is 73.1 Å². The third-order valence-corrected chi connectivity index (χ3v) is 14.2. The average Bonchev–Trinajstić information content (AvgIpc) is 0.905. The van der Waals surface area contributed by atoms with Crippen LogP contribution in [0.4, 0.5) is 11.4 Å². The lowest BCUT2D eigenvalue weighted by molar-refractivity contribution is -0.0410. The molecule has 0 unspecified atom stereocenters. The van der Waals surface area contributed by atoms with E-state index in [1.165, 1.54) is 5.56 Å². The molecule has 0 saturated heterocycles. The second-order valence-electron chi connectivity index (χ2n) is 21.6. The first-order valence-corrected chi connectivity index (χ1v) is 32.7. The van der Waals surface area contributed by atoms with Crippen molar-refractivity contribution in [2.75, 3.05) is 81.3 Å². The zero-order valence-electron chi connectivity index (χ0n) is 57.4. The lowest BCUT2D eigenvalue weighted by Gasteiger charge is -2.10. The fourth-order valence-electron chi connectivity index (χ4n) is 8.61. The molecule has 0 aliphatic carbocycles. The number of carbonyl (C=O) groups is 1. The molecule has 0 aromatic heterocycles. The summed E-state index contributed by atoms with van der Waals surface area (Å²) in [6.07, 6.45) is 0. The van der Waals surface area contributed by atoms with E-state index < -0.39 is 5.97 Å². The van der Waals surface area contributed by atoms with Crippen LogP contribution in [0.15, 0.2) is 242 Å². The predicted octanol–water partition coefficient (Wildman–Crippen LogP) is 17.2. The minimum absolute atomic E-state index is 0.211. The van der Waals surface area contributed by atoms with Gasteiger partial charge in [0.05, 0.1) is 47.1 Å². The monoisotopic (exact) mass is 1390 g/mol. The maximum absolute atomic E-state index is 12.5. The highest BCUT2D eigenvalue weighted by atomic mass is 32.1. The van der Waals surface area contributed by atoms with Gasteiger partial charge in [0.1, 0.15) is 63.2 Å². The van der Waals surface area contributed by atoms with Crippen LogP contribution in [-0.2, 0) is 42.6 Å². The Morgan fingerprint density at radius 2 is 0.637 bits per heavy atom. The summed E-state index contributed by atoms with van der Waals surface area (Å²) in [5.41, 5.74) is 16.0. The Bertz CT molecular complexity index is 4680. The molecule has 0 amide bonds. The average molecular weight is 1390 g/mol. The van der Waals surface area contributed by atoms with E-state index in [1.54, 1.807) is 69.9 Å². The number of esters is 1. The molecular formula is C87H74N2O11S2. The van der Waals surface area contributed by atoms with Crippen molar-refractivity contribution in [1.82, 2.24) is 0 Å². The standard InChI is InChI=1S/C30H28O3.C29H23NO3S.C28H23NO5S/c1-23-5-7-26(8-6-23)9-10-28-14-16-29(24(2)21-28)15-11-27-12-17-30(18-13-27)25(3)33-20-19-32-22-31-4;1-23(33-20-19-32-22-31-2)28-15-11-26(12-16-28)9-7-24-3-5-25(6-4-24)8-10-27-13-17-29(18-14-27)30-21-34;1-21(33-18-17-32-20-31-2)24-9-11-25(12-10-24)28(30)34-27-15-7-23(8-16-27)4-3-22-5-13-26(14-6-22)29-19-35/h5-8,12-14,16-18,21H,3,19-20,22H2,1-2,4H3;3-6,11-18H,1,19-20,22H2,2H3;5-16H,1,17-18,20H2,2H3. The van der Waals surface area contributed by atoms with Crippen molar-refractivity contribution in [2.45, 2.75) is 13.8 Å². The van der Waals surface area contributed by atoms with Gasteiger partial charge in [0.25, 0.3) is 0 Å². The van der Waals surface area contributed by atoms with Crippen LogP contribution in [0.5, 0.6) is 5.75 Å². The molecule has 0 saturated carbocycles. The van der Waals surface area contributed by atoms with Gasteiger partial charge in [-0.3, -0.25) is 0 Å². The van der Waals surface area contributed by atoms with Gasteiger partial charge in [-0.1, -0.05) is 133 Å². The molecule has 0 aliphatic heterocycles. The van der Waals surface area contributed by atoms with Gasteiger partial charge in [-0.25, -0.2) is 4.79 Å². The van der Waals surface area contributed by atoms with E-state index >= 15 is 0 Å². The van der Waals surface area contributed by atoms with E-state index in [0.717, 1.165) is 89.3 Å². The van der Waals surface area contributed by atoms with Crippen molar-refractivity contribution in [1.29, 1.82) is 0 Å². The first-order chi connectivity index (χ1) is 49.8. The Hall–Kier alpha value is -11.8. The van der Waals surface area contributed by atoms with E-state index in [4.69, 9.17) is 47.4 Å². The molecule has 9 aromatic carbocycles. The summed E-state index contributed by atoms with van der Waals surface area (Å²) in [5.74, 6) is 33.4. The number of methoxy groups -OCH3 is 3. The molecule has 0 aliphatic rings. The molecule has 102 heavy (non-hydrogen) atoms. The van der Waals surface area contributed by atoms with Crippen LogP contribution < -0.4 is 4.74 Å². The van der Waals surface area contributed by atoms with Crippen molar-refractivity contribution in [3.8, 4) is 65.0 Å². The Morgan fingerprint density at radius 1 is 0.353 bits per heavy atom. The summed E-state index contributed by atoms with van der Waals surface area (Å²) in [7, 11) is 4.72. The summed E-state index contributed by atoms with van der Waals surface area (Å²) in [6, 6.07) is 66.5. The molecule has 0 heterocycles. The molecular weight excluding hydrogens is 1310 g/mol. The van der Waals surface area contributed by atoms with Crippen molar-refractivity contribution < 1.29 is 52.2 Å². The van der Waals surface area contributed by atoms with E-state index in [2.05, 4.69) is 156 Å². The molecule has 9 aromatic rings. The Kier molecular flexibility index (Phi) is 33.7. The van der Waals surface area contributed by atoms with Crippen LogP contribution in [-0.4, -0.2) is 97.6 Å². The largest absolute Gasteiger partial charge is 0.491 e. The van der Waals surface area contributed by atoms with Gasteiger partial charge in [0.2, 0.25) is 0 Å². The van der Waals surface area contributed by atoms with Gasteiger partial charge in [-0.15, -0.1) is 0 Å². The maximum Gasteiger partial charge on any atom is 0.343 e. The van der Waals surface area contributed by atoms with Gasteiger partial charge in [0.15, 0.2) is 0 Å². The zero-order chi connectivity index (χ0) is 72.4. The number of ether oxygens (including phenoxy) is 10. The summed E-state index contributed by atoms with van der Waals surface area (Å²) in [4.78, 5) is 20.3. The van der Waals surface area contributed by atoms with E-state index in [-0.39, 0.29) is 20.4 Å². The van der Waals surface area contributed by atoms with Crippen molar-refractivity contribution in [3.63, 3.8) is 0 Å². The molecule has 0 atom stereocenters. The highest BCUT2D eigenvalue weighted by Gasteiger charge is 2.11. The van der Waals surface area contributed by atoms with Crippen LogP contribution in [0.1, 0.15) is 93.8 Å². The summed E-state index contributed by atoms with van der Waals surface area (Å²) in [6.45, 7) is 19.1. The highest BCUT2D eigenvalue weighted by Crippen LogP contribution is 2.21. The molecule has 0 radical (unpaired) electrons. The summed E-state index contributed by atoms with van der Waals surface area (Å²) >= 11 is 9.20. The number of thiocarbonyl (C=S) groups is 2. The van der Waals surface area contributed by atoms with Crippen LogP contribution in [0.25, 0.3) is 17.3 Å². The van der Waals surface area contributed by atoms with E-state index in [1.807, 2.05) is 146 Å². The fourth-order valence-corrected chi connectivity index (χ4v) is 8.82. The number of isothiocyanates is 2. The second kappa shape index (κ2) is 44.3. The second-order valence-corrected chi connectivity index (χ2v) is 22.0. The van der Waals surface area contributed by atoms with Gasteiger partial charge in [-0.2, -0.15) is 9.98 Å². The van der Waals surface area contributed by atoms with Crippen LogP contribution >= 0.6 is 24.4 Å². The quantitative estimate of drug-likeness (QED) is 0.00786. The van der Waals surface area contributed by atoms with Crippen molar-refractivity contribution >= 4 is 69.4 Å². The minimum atomic E-state index is -0.464. The molecule has 13 nitrogen and oxygen atoms in total. The number of aryl methyl sites for hydroxylation is 2. The number of benzene rings is 9. The number of rotatable bonds is 25. The predicted molar refractivity (Wildman–Crippen MR) is 410 cm³/mol. The van der Waals surface area contributed by atoms with Gasteiger partial charge < -0.3 is 47.4 Å². The number of carbonyl (C=O) groups excluding carboxylic acids is 1. The third kappa shape index (κ3) is 28.6. The molecule has 0 fully saturated rings. The first-order valence-electron chi connectivity index (χ1n) is 31.8. The number of aliphatic imine (C=N–C) groups is 2. The Morgan fingerprint density at radius 3 is 0.980 bits per heavy atom.